The zero-order chi connectivity index (χ0) is 48.0. The van der Waals surface area contributed by atoms with E-state index >= 15 is 0 Å². The van der Waals surface area contributed by atoms with Crippen molar-refractivity contribution in [3.63, 3.8) is 0 Å². The van der Waals surface area contributed by atoms with Crippen molar-refractivity contribution in [1.29, 1.82) is 0 Å². The molecular weight excluding hydrogens is 850 g/mol. The van der Waals surface area contributed by atoms with Crippen molar-refractivity contribution >= 4 is 13.7 Å². The molecule has 13 nitrogen and oxygen atoms in total. The summed E-state index contributed by atoms with van der Waals surface area (Å²) in [6.07, 6.45) is 33.7. The first-order valence-corrected chi connectivity index (χ1v) is 27.5. The number of rotatable bonds is 43. The minimum Gasteiger partial charge on any atom is -0.393 e. The molecule has 1 saturated carbocycles. The molecule has 382 valence electrons. The molecule has 0 radical (unpaired) electrons. The topological polar surface area (TPSA) is 226 Å². The number of aliphatic hydroxyl groups excluding tert-OH is 7. The van der Waals surface area contributed by atoms with E-state index in [4.69, 9.17) is 9.05 Å². The maximum absolute atomic E-state index is 13.0. The maximum Gasteiger partial charge on any atom is 0.472 e. The Morgan fingerprint density at radius 3 is 1.35 bits per heavy atom. The van der Waals surface area contributed by atoms with Crippen LogP contribution in [-0.2, 0) is 18.4 Å². The third kappa shape index (κ3) is 32.1. The van der Waals surface area contributed by atoms with Gasteiger partial charge in [-0.15, -0.1) is 0 Å². The zero-order valence-electron chi connectivity index (χ0n) is 40.7. The summed E-state index contributed by atoms with van der Waals surface area (Å²) in [7, 11) is -5.16. The largest absolute Gasteiger partial charge is 0.472 e. The highest BCUT2D eigenvalue weighted by molar-refractivity contribution is 7.47. The van der Waals surface area contributed by atoms with Crippen LogP contribution >= 0.6 is 7.82 Å². The molecule has 1 aliphatic rings. The molecule has 65 heavy (non-hydrogen) atoms. The molecule has 0 spiro atoms. The Morgan fingerprint density at radius 1 is 0.538 bits per heavy atom. The van der Waals surface area contributed by atoms with Gasteiger partial charge in [0.05, 0.1) is 31.3 Å². The van der Waals surface area contributed by atoms with Gasteiger partial charge in [-0.25, -0.2) is 4.57 Å². The molecule has 0 aromatic carbocycles. The third-order valence-corrected chi connectivity index (χ3v) is 13.4. The van der Waals surface area contributed by atoms with E-state index < -0.39 is 75.2 Å². The zero-order valence-corrected chi connectivity index (χ0v) is 41.5. The highest BCUT2D eigenvalue weighted by atomic mass is 31.2. The number of unbranched alkanes of at least 4 members (excludes halogenated alkanes) is 26. The van der Waals surface area contributed by atoms with E-state index in [9.17, 15) is 50.0 Å². The minimum atomic E-state index is -5.16. The average Bonchev–Trinajstić information content (AvgIpc) is 3.28. The SMILES string of the molecule is CCCCCCCCC/C=C/CC/C=C/CC/C=C/C(O)C(COP(=O)(O)OC1C(O)C(O)C(O)C(O)C1O)NC(=O)CC(O)CCCCCCCCCCCCCCCCCCCC. The first kappa shape index (κ1) is 61.5. The summed E-state index contributed by atoms with van der Waals surface area (Å²) < 4.78 is 22.9. The second-order valence-electron chi connectivity index (χ2n) is 18.5. The van der Waals surface area contributed by atoms with E-state index in [1.165, 1.54) is 141 Å². The number of phosphoric acid groups is 1. The molecule has 0 saturated heterocycles. The summed E-state index contributed by atoms with van der Waals surface area (Å²) in [6.45, 7) is 3.74. The van der Waals surface area contributed by atoms with E-state index in [0.717, 1.165) is 44.9 Å². The highest BCUT2D eigenvalue weighted by Gasteiger charge is 2.51. The van der Waals surface area contributed by atoms with E-state index in [1.54, 1.807) is 6.08 Å². The van der Waals surface area contributed by atoms with Crippen LogP contribution in [0, 0.1) is 0 Å². The number of aliphatic hydroxyl groups is 7. The van der Waals surface area contributed by atoms with Crippen molar-refractivity contribution in [2.24, 2.45) is 0 Å². The Kier molecular flexibility index (Phi) is 38.3. The predicted octanol–water partition coefficient (Wildman–Crippen LogP) is 9.70. The Balaban J connectivity index is 2.51. The van der Waals surface area contributed by atoms with Crippen molar-refractivity contribution in [1.82, 2.24) is 5.32 Å². The number of amides is 1. The van der Waals surface area contributed by atoms with Crippen molar-refractivity contribution in [3.05, 3.63) is 36.5 Å². The van der Waals surface area contributed by atoms with E-state index in [-0.39, 0.29) is 6.42 Å². The number of hydrogen-bond donors (Lipinski definition) is 9. The van der Waals surface area contributed by atoms with Crippen molar-refractivity contribution in [3.8, 4) is 0 Å². The van der Waals surface area contributed by atoms with E-state index in [0.29, 0.717) is 19.3 Å². The van der Waals surface area contributed by atoms with Crippen molar-refractivity contribution < 1.29 is 59.0 Å². The smallest absolute Gasteiger partial charge is 0.393 e. The lowest BCUT2D eigenvalue weighted by atomic mass is 9.85. The van der Waals surface area contributed by atoms with Crippen molar-refractivity contribution in [2.75, 3.05) is 6.61 Å². The van der Waals surface area contributed by atoms with Gasteiger partial charge in [0.2, 0.25) is 5.91 Å². The molecule has 8 unspecified atom stereocenters. The fourth-order valence-corrected chi connectivity index (χ4v) is 9.18. The second-order valence-corrected chi connectivity index (χ2v) is 20.0. The first-order chi connectivity index (χ1) is 31.3. The number of nitrogens with one attached hydrogen (secondary N) is 1. The lowest BCUT2D eigenvalue weighted by molar-refractivity contribution is -0.220. The van der Waals surface area contributed by atoms with Crippen LogP contribution in [0.1, 0.15) is 219 Å². The van der Waals surface area contributed by atoms with Crippen LogP contribution in [0.2, 0.25) is 0 Å². The molecule has 0 aliphatic heterocycles. The number of carbonyl (C=O) groups excluding carboxylic acids is 1. The first-order valence-electron chi connectivity index (χ1n) is 26.0. The fraction of sp³-hybridized carbons (Fsp3) is 0.863. The van der Waals surface area contributed by atoms with Crippen LogP contribution in [0.4, 0.5) is 0 Å². The molecule has 1 amide bonds. The molecule has 1 rings (SSSR count). The highest BCUT2D eigenvalue weighted by Crippen LogP contribution is 2.47. The molecule has 1 aliphatic carbocycles. The summed E-state index contributed by atoms with van der Waals surface area (Å²) >= 11 is 0. The molecule has 9 N–H and O–H groups in total. The molecule has 14 heteroatoms. The fourth-order valence-electron chi connectivity index (χ4n) is 8.21. The van der Waals surface area contributed by atoms with Crippen LogP contribution in [0.3, 0.4) is 0 Å². The van der Waals surface area contributed by atoms with Gasteiger partial charge in [0.25, 0.3) is 0 Å². The van der Waals surface area contributed by atoms with Crippen LogP contribution in [-0.4, -0.2) is 108 Å². The van der Waals surface area contributed by atoms with Gasteiger partial charge < -0.3 is 46.0 Å². The van der Waals surface area contributed by atoms with Gasteiger partial charge in [-0.05, 0) is 44.9 Å². The molecule has 0 heterocycles. The maximum atomic E-state index is 13.0. The number of carbonyl (C=O) groups is 1. The monoisotopic (exact) mass is 946 g/mol. The Bertz CT molecular complexity index is 1250. The Morgan fingerprint density at radius 2 is 0.908 bits per heavy atom. The Hall–Kier alpha value is -1.48. The molecule has 0 bridgehead atoms. The van der Waals surface area contributed by atoms with Crippen LogP contribution < -0.4 is 5.32 Å². The molecular formula is C51H96NO12P. The van der Waals surface area contributed by atoms with Gasteiger partial charge in [-0.2, -0.15) is 0 Å². The number of hydrogen-bond acceptors (Lipinski definition) is 11. The minimum absolute atomic E-state index is 0.253. The summed E-state index contributed by atoms with van der Waals surface area (Å²) in [5.74, 6) is -0.604. The second kappa shape index (κ2) is 40.4. The Labute approximate surface area is 394 Å². The van der Waals surface area contributed by atoms with Crippen LogP contribution in [0.15, 0.2) is 36.5 Å². The molecule has 1 fully saturated rings. The molecule has 0 aromatic heterocycles. The van der Waals surface area contributed by atoms with Gasteiger partial charge >= 0.3 is 7.82 Å². The van der Waals surface area contributed by atoms with E-state index in [1.807, 2.05) is 0 Å². The van der Waals surface area contributed by atoms with Gasteiger partial charge in [-0.3, -0.25) is 13.8 Å². The van der Waals surface area contributed by atoms with Gasteiger partial charge in [-0.1, -0.05) is 204 Å². The molecule has 0 aromatic rings. The summed E-state index contributed by atoms with van der Waals surface area (Å²) in [6, 6.07) is -1.26. The average molecular weight is 946 g/mol. The third-order valence-electron chi connectivity index (χ3n) is 12.5. The predicted molar refractivity (Wildman–Crippen MR) is 261 cm³/mol. The van der Waals surface area contributed by atoms with Crippen LogP contribution in [0.5, 0.6) is 0 Å². The lowest BCUT2D eigenvalue weighted by Crippen LogP contribution is -2.64. The normalized spacial score (nSPS) is 22.8. The van der Waals surface area contributed by atoms with Crippen molar-refractivity contribution in [2.45, 2.75) is 274 Å². The van der Waals surface area contributed by atoms with E-state index in [2.05, 4.69) is 43.5 Å². The van der Waals surface area contributed by atoms with Gasteiger partial charge in [0, 0.05) is 0 Å². The lowest BCUT2D eigenvalue weighted by Gasteiger charge is -2.41. The standard InChI is InChI=1S/C51H96NO12P/c1-3-5-7-9-11-13-15-17-19-21-23-24-26-28-30-32-34-36-38-42(53)40-45(55)52-43(41-63-65(61,62)64-51-49(59)47(57)46(56)48(58)50(51)60)44(54)39-37-35-33-31-29-27-25-22-20-18-16-14-12-10-8-6-4-2/h20,22,29,31,37,39,42-44,46-51,53-54,56-60H,3-19,21,23-28,30,32-36,38,40-41H2,1-2H3,(H,52,55)(H,61,62)/b22-20+,31-29+,39-37+. The summed E-state index contributed by atoms with van der Waals surface area (Å²) in [5.41, 5.74) is 0. The quantitative estimate of drug-likeness (QED) is 0.0158. The number of phosphoric ester groups is 1. The van der Waals surface area contributed by atoms with Gasteiger partial charge in [0.15, 0.2) is 0 Å². The summed E-state index contributed by atoms with van der Waals surface area (Å²) in [5, 5.41) is 74.6. The molecule has 8 atom stereocenters. The number of allylic oxidation sites excluding steroid dienone is 5. The van der Waals surface area contributed by atoms with Gasteiger partial charge in [0.1, 0.15) is 36.6 Å². The summed E-state index contributed by atoms with van der Waals surface area (Å²) in [4.78, 5) is 23.5. The van der Waals surface area contributed by atoms with Crippen LogP contribution in [0.25, 0.3) is 0 Å².